The van der Waals surface area contributed by atoms with E-state index < -0.39 is 48.3 Å². The summed E-state index contributed by atoms with van der Waals surface area (Å²) in [5.41, 5.74) is 1.55. The highest BCUT2D eigenvalue weighted by Gasteiger charge is 2.38. The predicted octanol–water partition coefficient (Wildman–Crippen LogP) is -0.410. The Bertz CT molecular complexity index is 935. The number of hydrogen-bond donors (Lipinski definition) is 5. The predicted molar refractivity (Wildman–Crippen MR) is 115 cm³/mol. The Labute approximate surface area is 190 Å². The quantitative estimate of drug-likeness (QED) is 0.396. The molecular weight excluding hydrogens is 432 g/mol. The van der Waals surface area contributed by atoms with Crippen molar-refractivity contribution < 1.29 is 34.2 Å². The van der Waals surface area contributed by atoms with Crippen molar-refractivity contribution in [3.8, 4) is 0 Å². The lowest BCUT2D eigenvalue weighted by atomic mass is 10.0. The molecule has 0 bridgehead atoms. The maximum Gasteiger partial charge on any atom is 0.305 e. The minimum atomic E-state index is -1.29. The molecule has 0 aliphatic carbocycles. The van der Waals surface area contributed by atoms with Crippen LogP contribution < -0.4 is 16.0 Å². The second-order valence-electron chi connectivity index (χ2n) is 8.20. The molecule has 1 saturated heterocycles. The number of nitrogens with zero attached hydrogens (tertiary/aromatic N) is 1. The van der Waals surface area contributed by atoms with Crippen molar-refractivity contribution in [2.45, 2.75) is 63.3 Å². The average molecular weight is 460 g/mol. The molecule has 3 atom stereocenters. The van der Waals surface area contributed by atoms with Crippen LogP contribution in [0.4, 0.5) is 0 Å². The molecule has 2 heterocycles. The molecule has 2 aliphatic heterocycles. The lowest BCUT2D eigenvalue weighted by Gasteiger charge is -2.30. The fourth-order valence-corrected chi connectivity index (χ4v) is 4.18. The van der Waals surface area contributed by atoms with Gasteiger partial charge in [-0.1, -0.05) is 24.3 Å². The molecule has 2 aliphatic rings. The van der Waals surface area contributed by atoms with Gasteiger partial charge in [-0.3, -0.25) is 24.0 Å². The zero-order valence-electron chi connectivity index (χ0n) is 18.1. The zero-order valence-corrected chi connectivity index (χ0v) is 18.1. The fourth-order valence-electron chi connectivity index (χ4n) is 4.18. The van der Waals surface area contributed by atoms with Crippen LogP contribution >= 0.6 is 0 Å². The molecule has 0 aromatic heterocycles. The van der Waals surface area contributed by atoms with Crippen LogP contribution in [0.3, 0.4) is 0 Å². The molecule has 1 aromatic carbocycles. The lowest BCUT2D eigenvalue weighted by Crippen LogP contribution is -2.56. The van der Waals surface area contributed by atoms with Gasteiger partial charge in [0.2, 0.25) is 17.7 Å². The van der Waals surface area contributed by atoms with E-state index in [4.69, 9.17) is 5.11 Å². The molecular formula is C22H28N4O7. The number of fused-ring (bicyclic) bond motifs is 2. The van der Waals surface area contributed by atoms with Crippen LogP contribution in [0, 0.1) is 0 Å². The Morgan fingerprint density at radius 3 is 2.33 bits per heavy atom. The summed E-state index contributed by atoms with van der Waals surface area (Å²) >= 11 is 0. The molecule has 33 heavy (non-hydrogen) atoms. The SMILES string of the molecule is O=C(O)CC[C@@H]1NCc2ccccc2CNC(=O)[C@H](CC(=O)O)NC(=O)[C@@H]2CCCN2C1=O. The first kappa shape index (κ1) is 24.2. The third-order valence-corrected chi connectivity index (χ3v) is 5.91. The first-order valence-corrected chi connectivity index (χ1v) is 10.9. The highest BCUT2D eigenvalue weighted by Crippen LogP contribution is 2.21. The highest BCUT2D eigenvalue weighted by atomic mass is 16.4. The summed E-state index contributed by atoms with van der Waals surface area (Å²) in [5, 5.41) is 26.6. The van der Waals surface area contributed by atoms with Crippen molar-refractivity contribution in [2.75, 3.05) is 6.54 Å². The minimum Gasteiger partial charge on any atom is -0.481 e. The Hall–Kier alpha value is -3.47. The van der Waals surface area contributed by atoms with Gasteiger partial charge in [-0.05, 0) is 30.4 Å². The number of aliphatic carboxylic acids is 2. The summed E-state index contributed by atoms with van der Waals surface area (Å²) in [7, 11) is 0. The molecule has 0 saturated carbocycles. The Balaban J connectivity index is 1.93. The van der Waals surface area contributed by atoms with Crippen LogP contribution in [0.15, 0.2) is 24.3 Å². The van der Waals surface area contributed by atoms with E-state index in [1.165, 1.54) is 4.90 Å². The molecule has 0 spiro atoms. The molecule has 178 valence electrons. The Kier molecular flexibility index (Phi) is 7.99. The molecule has 1 fully saturated rings. The number of carbonyl (C=O) groups excluding carboxylic acids is 3. The Morgan fingerprint density at radius 2 is 1.67 bits per heavy atom. The van der Waals surface area contributed by atoms with Crippen molar-refractivity contribution in [3.63, 3.8) is 0 Å². The smallest absolute Gasteiger partial charge is 0.305 e. The second-order valence-corrected chi connectivity index (χ2v) is 8.20. The number of carbonyl (C=O) groups is 5. The first-order chi connectivity index (χ1) is 15.8. The number of carboxylic acid groups (broad SMARTS) is 2. The van der Waals surface area contributed by atoms with Gasteiger partial charge in [0, 0.05) is 26.1 Å². The standard InChI is InChI=1S/C22H28N4O7/c27-18(28)8-7-15-22(33)26-9-3-6-17(26)21(32)25-16(10-19(29)30)20(31)24-12-14-5-2-1-4-13(14)11-23-15/h1-2,4-5,15-17,23H,3,6-12H2,(H,24,31)(H,25,32)(H,27,28)(H,29,30)/t15-,16-,17-/m0/s1. The molecule has 11 nitrogen and oxygen atoms in total. The van der Waals surface area contributed by atoms with Gasteiger partial charge in [0.15, 0.2) is 0 Å². The summed E-state index contributed by atoms with van der Waals surface area (Å²) in [6.07, 6.45) is 0.177. The van der Waals surface area contributed by atoms with E-state index in [9.17, 15) is 29.1 Å². The van der Waals surface area contributed by atoms with E-state index in [0.29, 0.717) is 19.4 Å². The molecule has 5 N–H and O–H groups in total. The number of nitrogens with one attached hydrogen (secondary N) is 3. The van der Waals surface area contributed by atoms with E-state index in [2.05, 4.69) is 16.0 Å². The van der Waals surface area contributed by atoms with E-state index in [1.807, 2.05) is 12.1 Å². The second kappa shape index (κ2) is 10.9. The third-order valence-electron chi connectivity index (χ3n) is 5.91. The van der Waals surface area contributed by atoms with Gasteiger partial charge in [-0.15, -0.1) is 0 Å². The first-order valence-electron chi connectivity index (χ1n) is 10.9. The monoisotopic (exact) mass is 460 g/mol. The van der Waals surface area contributed by atoms with Gasteiger partial charge in [0.25, 0.3) is 0 Å². The van der Waals surface area contributed by atoms with Gasteiger partial charge in [-0.25, -0.2) is 0 Å². The van der Waals surface area contributed by atoms with Crippen molar-refractivity contribution in [1.82, 2.24) is 20.9 Å². The van der Waals surface area contributed by atoms with Gasteiger partial charge in [0.05, 0.1) is 12.5 Å². The van der Waals surface area contributed by atoms with Gasteiger partial charge >= 0.3 is 11.9 Å². The maximum atomic E-state index is 13.3. The van der Waals surface area contributed by atoms with Gasteiger partial charge in [-0.2, -0.15) is 0 Å². The molecule has 3 amide bonds. The largest absolute Gasteiger partial charge is 0.481 e. The van der Waals surface area contributed by atoms with Crippen LogP contribution in [-0.4, -0.2) is 69.4 Å². The van der Waals surface area contributed by atoms with E-state index >= 15 is 0 Å². The highest BCUT2D eigenvalue weighted by molar-refractivity contribution is 5.95. The molecule has 0 unspecified atom stereocenters. The maximum absolute atomic E-state index is 13.3. The van der Waals surface area contributed by atoms with Crippen LogP contribution in [0.5, 0.6) is 0 Å². The number of carboxylic acids is 2. The summed E-state index contributed by atoms with van der Waals surface area (Å²) in [4.78, 5) is 62.7. The fraction of sp³-hybridized carbons (Fsp3) is 0.500. The molecule has 1 aromatic rings. The van der Waals surface area contributed by atoms with E-state index in [1.54, 1.807) is 12.1 Å². The number of hydrogen-bond acceptors (Lipinski definition) is 6. The van der Waals surface area contributed by atoms with Crippen molar-refractivity contribution >= 4 is 29.7 Å². The molecule has 3 rings (SSSR count). The zero-order chi connectivity index (χ0) is 24.0. The van der Waals surface area contributed by atoms with Crippen LogP contribution in [0.25, 0.3) is 0 Å². The van der Waals surface area contributed by atoms with Crippen molar-refractivity contribution in [2.24, 2.45) is 0 Å². The van der Waals surface area contributed by atoms with E-state index in [0.717, 1.165) is 11.1 Å². The lowest BCUT2D eigenvalue weighted by molar-refractivity contribution is -0.144. The van der Waals surface area contributed by atoms with Crippen molar-refractivity contribution in [1.29, 1.82) is 0 Å². The van der Waals surface area contributed by atoms with Gasteiger partial charge < -0.3 is 31.1 Å². The molecule has 0 radical (unpaired) electrons. The van der Waals surface area contributed by atoms with Crippen LogP contribution in [0.2, 0.25) is 0 Å². The van der Waals surface area contributed by atoms with Crippen LogP contribution in [-0.2, 0) is 37.1 Å². The number of benzene rings is 1. The molecule has 11 heteroatoms. The van der Waals surface area contributed by atoms with Gasteiger partial charge in [0.1, 0.15) is 12.1 Å². The summed E-state index contributed by atoms with van der Waals surface area (Å²) < 4.78 is 0. The minimum absolute atomic E-state index is 0.0551. The summed E-state index contributed by atoms with van der Waals surface area (Å²) in [5.74, 6) is -3.88. The summed E-state index contributed by atoms with van der Waals surface area (Å²) in [6.45, 7) is 0.672. The Morgan fingerprint density at radius 1 is 0.970 bits per heavy atom. The average Bonchev–Trinajstić information content (AvgIpc) is 3.26. The van der Waals surface area contributed by atoms with Crippen molar-refractivity contribution in [3.05, 3.63) is 35.4 Å². The number of rotatable bonds is 5. The summed E-state index contributed by atoms with van der Waals surface area (Å²) in [6, 6.07) is 4.26. The van der Waals surface area contributed by atoms with Crippen LogP contribution in [0.1, 0.15) is 43.2 Å². The topological polar surface area (TPSA) is 165 Å². The number of amides is 3. The third kappa shape index (κ3) is 6.28. The normalized spacial score (nSPS) is 24.2. The van der Waals surface area contributed by atoms with E-state index in [-0.39, 0.29) is 31.8 Å².